The highest BCUT2D eigenvalue weighted by Gasteiger charge is 2.23. The molecule has 1 atom stereocenters. The van der Waals surface area contributed by atoms with Crippen LogP contribution in [0.15, 0.2) is 102 Å². The molecule has 0 saturated carbocycles. The fourth-order valence-electron chi connectivity index (χ4n) is 5.37. The monoisotopic (exact) mass is 705 g/mol. The average Bonchev–Trinajstić information content (AvgIpc) is 3.03. The number of hydrogen-bond acceptors (Lipinski definition) is 8. The van der Waals surface area contributed by atoms with Crippen molar-refractivity contribution in [2.24, 2.45) is 0 Å². The minimum atomic E-state index is -3.48. The SMILES string of the molecule is CC(Cc1cc(-c2cccc(CCN(C(=O)c3ccc([N+](=O)[O-])cc3Cl)c3ccc(S(C)(=O)=O)cc3)c2)c2ncccc2c1)S(C)(=O)=O. The number of sulfone groups is 2. The first-order valence-corrected chi connectivity index (χ1v) is 19.1. The highest BCUT2D eigenvalue weighted by molar-refractivity contribution is 7.91. The Bertz CT molecular complexity index is 2260. The number of amides is 1. The van der Waals surface area contributed by atoms with Crippen molar-refractivity contribution >= 4 is 59.5 Å². The van der Waals surface area contributed by atoms with E-state index in [1.807, 2.05) is 48.5 Å². The fraction of sp³-hybridized carbons (Fsp3) is 0.200. The molecular weight excluding hydrogens is 674 g/mol. The van der Waals surface area contributed by atoms with E-state index >= 15 is 0 Å². The van der Waals surface area contributed by atoms with E-state index in [0.29, 0.717) is 18.5 Å². The lowest BCUT2D eigenvalue weighted by Gasteiger charge is -2.24. The van der Waals surface area contributed by atoms with E-state index in [4.69, 9.17) is 11.6 Å². The van der Waals surface area contributed by atoms with Crippen molar-refractivity contribution in [2.45, 2.75) is 29.9 Å². The number of pyridine rings is 1. The minimum absolute atomic E-state index is 0.0564. The largest absolute Gasteiger partial charge is 0.308 e. The molecule has 0 N–H and O–H groups in total. The lowest BCUT2D eigenvalue weighted by atomic mass is 9.95. The Morgan fingerprint density at radius 3 is 2.29 bits per heavy atom. The van der Waals surface area contributed by atoms with Gasteiger partial charge in [0.1, 0.15) is 9.84 Å². The maximum Gasteiger partial charge on any atom is 0.270 e. The average molecular weight is 706 g/mol. The molecule has 1 heterocycles. The van der Waals surface area contributed by atoms with E-state index in [-0.39, 0.29) is 27.7 Å². The van der Waals surface area contributed by atoms with Gasteiger partial charge in [-0.05, 0) is 85.0 Å². The van der Waals surface area contributed by atoms with Gasteiger partial charge in [-0.2, -0.15) is 0 Å². The number of anilines is 1. The molecule has 0 aliphatic heterocycles. The predicted molar refractivity (Wildman–Crippen MR) is 188 cm³/mol. The first kappa shape index (κ1) is 34.7. The molecule has 48 heavy (non-hydrogen) atoms. The Hall–Kier alpha value is -4.65. The van der Waals surface area contributed by atoms with Crippen LogP contribution >= 0.6 is 11.6 Å². The second-order valence-electron chi connectivity index (χ2n) is 11.7. The highest BCUT2D eigenvalue weighted by atomic mass is 35.5. The third-order valence-corrected chi connectivity index (χ3v) is 11.2. The minimum Gasteiger partial charge on any atom is -0.308 e. The Labute approximate surface area is 284 Å². The van der Waals surface area contributed by atoms with Crippen LogP contribution in [0.4, 0.5) is 11.4 Å². The molecular formula is C35H32ClN3O7S2. The molecule has 0 bridgehead atoms. The number of hydrogen-bond donors (Lipinski definition) is 0. The van der Waals surface area contributed by atoms with Crippen LogP contribution in [-0.2, 0) is 32.5 Å². The van der Waals surface area contributed by atoms with E-state index in [2.05, 4.69) is 4.98 Å². The first-order valence-electron chi connectivity index (χ1n) is 14.8. The summed E-state index contributed by atoms with van der Waals surface area (Å²) in [6.45, 7) is 1.85. The summed E-state index contributed by atoms with van der Waals surface area (Å²) < 4.78 is 48.5. The number of aromatic nitrogens is 1. The number of benzene rings is 4. The standard InChI is InChI=1S/C35H32ClN3O7S2/c1-23(47(2,43)44)18-25-20-27-8-5-16-37-34(27)32(21-25)26-7-4-6-24(19-26)15-17-38(28-9-12-30(13-10-28)48(3,45)46)35(40)31-14-11-29(39(41)42)22-33(31)36/h4-14,16,19-23H,15,17-18H2,1-3H3. The van der Waals surface area contributed by atoms with E-state index in [1.54, 1.807) is 13.1 Å². The Morgan fingerprint density at radius 1 is 0.917 bits per heavy atom. The summed E-state index contributed by atoms with van der Waals surface area (Å²) in [5.74, 6) is -0.513. The highest BCUT2D eigenvalue weighted by Crippen LogP contribution is 2.31. The van der Waals surface area contributed by atoms with Crippen molar-refractivity contribution < 1.29 is 26.6 Å². The lowest BCUT2D eigenvalue weighted by molar-refractivity contribution is -0.384. The van der Waals surface area contributed by atoms with E-state index in [1.165, 1.54) is 47.6 Å². The molecule has 1 amide bonds. The number of rotatable bonds is 11. The number of fused-ring (bicyclic) bond motifs is 1. The van der Waals surface area contributed by atoms with Crippen molar-refractivity contribution in [1.82, 2.24) is 4.98 Å². The van der Waals surface area contributed by atoms with Gasteiger partial charge in [0, 0.05) is 54.0 Å². The molecule has 5 rings (SSSR count). The maximum absolute atomic E-state index is 13.9. The van der Waals surface area contributed by atoms with Crippen molar-refractivity contribution in [3.8, 4) is 11.1 Å². The van der Waals surface area contributed by atoms with Crippen LogP contribution < -0.4 is 4.90 Å². The Balaban J connectivity index is 1.50. The number of carbonyl (C=O) groups excluding carboxylic acids is 1. The van der Waals surface area contributed by atoms with Crippen molar-refractivity contribution in [3.05, 3.63) is 129 Å². The zero-order valence-electron chi connectivity index (χ0n) is 26.3. The molecule has 0 fully saturated rings. The zero-order chi connectivity index (χ0) is 34.8. The summed E-state index contributed by atoms with van der Waals surface area (Å²) in [4.78, 5) is 30.7. The van der Waals surface area contributed by atoms with Crippen LogP contribution in [0.3, 0.4) is 0 Å². The van der Waals surface area contributed by atoms with E-state index in [9.17, 15) is 31.7 Å². The van der Waals surface area contributed by atoms with Gasteiger partial charge in [0.05, 0.1) is 31.2 Å². The van der Waals surface area contributed by atoms with Crippen LogP contribution in [0.25, 0.3) is 22.0 Å². The van der Waals surface area contributed by atoms with Gasteiger partial charge in [-0.15, -0.1) is 0 Å². The van der Waals surface area contributed by atoms with Crippen molar-refractivity contribution in [3.63, 3.8) is 0 Å². The van der Waals surface area contributed by atoms with E-state index < -0.39 is 35.8 Å². The predicted octanol–water partition coefficient (Wildman–Crippen LogP) is 6.73. The second-order valence-corrected chi connectivity index (χ2v) is 16.5. The quantitative estimate of drug-likeness (QED) is 0.109. The molecule has 0 aliphatic carbocycles. The van der Waals surface area contributed by atoms with Gasteiger partial charge >= 0.3 is 0 Å². The topological polar surface area (TPSA) is 145 Å². The molecule has 1 aromatic heterocycles. The van der Waals surface area contributed by atoms with Crippen LogP contribution in [0.1, 0.15) is 28.4 Å². The van der Waals surface area contributed by atoms with Crippen LogP contribution in [0.5, 0.6) is 0 Å². The van der Waals surface area contributed by atoms with Gasteiger partial charge in [0.15, 0.2) is 9.84 Å². The summed E-state index contributed by atoms with van der Waals surface area (Å²) >= 11 is 6.34. The lowest BCUT2D eigenvalue weighted by Crippen LogP contribution is -2.33. The molecule has 0 radical (unpaired) electrons. The number of non-ortho nitro benzene ring substituents is 1. The van der Waals surface area contributed by atoms with Gasteiger partial charge in [0.25, 0.3) is 11.6 Å². The van der Waals surface area contributed by atoms with Gasteiger partial charge in [-0.3, -0.25) is 19.9 Å². The normalized spacial score (nSPS) is 12.5. The fourth-order valence-corrected chi connectivity index (χ4v) is 6.75. The molecule has 1 unspecified atom stereocenters. The number of nitrogens with zero attached hydrogens (tertiary/aromatic N) is 3. The van der Waals surface area contributed by atoms with Crippen LogP contribution in [-0.4, -0.2) is 57.0 Å². The zero-order valence-corrected chi connectivity index (χ0v) is 28.7. The molecule has 248 valence electrons. The van der Waals surface area contributed by atoms with Gasteiger partial charge < -0.3 is 4.90 Å². The second kappa shape index (κ2) is 13.8. The molecule has 5 aromatic rings. The van der Waals surface area contributed by atoms with Gasteiger partial charge in [0.2, 0.25) is 0 Å². The van der Waals surface area contributed by atoms with Gasteiger partial charge in [-0.1, -0.05) is 41.9 Å². The summed E-state index contributed by atoms with van der Waals surface area (Å²) in [6.07, 6.45) is 4.75. The first-order chi connectivity index (χ1) is 22.6. The molecule has 0 aliphatic rings. The maximum atomic E-state index is 13.9. The van der Waals surface area contributed by atoms with E-state index in [0.717, 1.165) is 45.5 Å². The third kappa shape index (κ3) is 7.89. The molecule has 13 heteroatoms. The number of carbonyl (C=O) groups is 1. The van der Waals surface area contributed by atoms with Crippen LogP contribution in [0, 0.1) is 10.1 Å². The number of halogens is 1. The smallest absolute Gasteiger partial charge is 0.270 e. The number of nitro benzene ring substituents is 1. The van der Waals surface area contributed by atoms with Gasteiger partial charge in [-0.25, -0.2) is 16.8 Å². The summed E-state index contributed by atoms with van der Waals surface area (Å²) in [6, 6.07) is 25.0. The Morgan fingerprint density at radius 2 is 1.65 bits per heavy atom. The Kier molecular flexibility index (Phi) is 9.99. The molecule has 10 nitrogen and oxygen atoms in total. The summed E-state index contributed by atoms with van der Waals surface area (Å²) in [7, 11) is -6.72. The number of nitro groups is 1. The summed E-state index contributed by atoms with van der Waals surface area (Å²) in [5.41, 5.74) is 4.43. The van der Waals surface area contributed by atoms with Crippen molar-refractivity contribution in [2.75, 3.05) is 24.0 Å². The molecule has 0 saturated heterocycles. The third-order valence-electron chi connectivity index (χ3n) is 8.10. The molecule has 0 spiro atoms. The van der Waals surface area contributed by atoms with Crippen molar-refractivity contribution in [1.29, 1.82) is 0 Å². The summed E-state index contributed by atoms with van der Waals surface area (Å²) in [5, 5.41) is 11.5. The van der Waals surface area contributed by atoms with Crippen LogP contribution in [0.2, 0.25) is 5.02 Å². The molecule has 4 aromatic carbocycles.